The van der Waals surface area contributed by atoms with E-state index in [1.165, 1.54) is 11.1 Å². The smallest absolute Gasteiger partial charge is 0.141 e. The maximum absolute atomic E-state index is 4.89. The van der Waals surface area contributed by atoms with Gasteiger partial charge >= 0.3 is 0 Å². The fourth-order valence-electron chi connectivity index (χ4n) is 3.04. The quantitative estimate of drug-likeness (QED) is 0.440. The van der Waals surface area contributed by atoms with Gasteiger partial charge in [-0.05, 0) is 42.3 Å². The van der Waals surface area contributed by atoms with Crippen LogP contribution in [0.4, 0.5) is 0 Å². The lowest BCUT2D eigenvalue weighted by Gasteiger charge is -2.12. The van der Waals surface area contributed by atoms with Crippen LogP contribution in [0.25, 0.3) is 22.4 Å². The Kier molecular flexibility index (Phi) is 3.95. The molecule has 0 aliphatic heterocycles. The number of imidazole rings is 1. The van der Waals surface area contributed by atoms with Gasteiger partial charge in [0.15, 0.2) is 0 Å². The summed E-state index contributed by atoms with van der Waals surface area (Å²) in [6, 6.07) is 25.2. The summed E-state index contributed by atoms with van der Waals surface area (Å²) in [5.74, 6) is 1.00. The van der Waals surface area contributed by atoms with E-state index in [2.05, 4.69) is 88.1 Å². The lowest BCUT2D eigenvalue weighted by molar-refractivity contribution is 0.828. The van der Waals surface area contributed by atoms with Crippen LogP contribution in [0.1, 0.15) is 11.1 Å². The van der Waals surface area contributed by atoms with Crippen LogP contribution in [-0.2, 0) is 6.54 Å². The van der Waals surface area contributed by atoms with E-state index in [4.69, 9.17) is 4.98 Å². The second kappa shape index (κ2) is 6.25. The van der Waals surface area contributed by atoms with Crippen molar-refractivity contribution in [3.8, 4) is 11.4 Å². The normalized spacial score (nSPS) is 11.1. The van der Waals surface area contributed by atoms with Crippen molar-refractivity contribution in [2.75, 3.05) is 0 Å². The van der Waals surface area contributed by atoms with Crippen LogP contribution in [-0.4, -0.2) is 9.55 Å². The Hall–Kier alpha value is -2.39. The molecular weight excluding hydrogens is 360 g/mol. The first-order chi connectivity index (χ1) is 11.7. The van der Waals surface area contributed by atoms with E-state index < -0.39 is 0 Å². The molecule has 0 saturated carbocycles. The SMILES string of the molecule is Cc1ccccc1Cn1c(-c2cccc(Br)c2)nc2ccccc21. The van der Waals surface area contributed by atoms with Gasteiger partial charge in [0.05, 0.1) is 11.0 Å². The fraction of sp³-hybridized carbons (Fsp3) is 0.0952. The van der Waals surface area contributed by atoms with Gasteiger partial charge in [-0.15, -0.1) is 0 Å². The van der Waals surface area contributed by atoms with E-state index in [0.717, 1.165) is 33.4 Å². The van der Waals surface area contributed by atoms with Crippen molar-refractivity contribution in [1.82, 2.24) is 9.55 Å². The van der Waals surface area contributed by atoms with E-state index >= 15 is 0 Å². The standard InChI is InChI=1S/C21H17BrN2/c1-15-7-2-3-8-17(15)14-24-20-12-5-4-11-19(20)23-21(24)16-9-6-10-18(22)13-16/h2-13H,14H2,1H3. The van der Waals surface area contributed by atoms with Crippen molar-refractivity contribution in [2.24, 2.45) is 0 Å². The number of hydrogen-bond acceptors (Lipinski definition) is 1. The van der Waals surface area contributed by atoms with Crippen molar-refractivity contribution >= 4 is 27.0 Å². The molecular formula is C21H17BrN2. The Balaban J connectivity index is 1.92. The average molecular weight is 377 g/mol. The predicted molar refractivity (Wildman–Crippen MR) is 103 cm³/mol. The van der Waals surface area contributed by atoms with E-state index in [0.29, 0.717) is 0 Å². The largest absolute Gasteiger partial charge is 0.319 e. The van der Waals surface area contributed by atoms with Gasteiger partial charge in [0, 0.05) is 16.6 Å². The average Bonchev–Trinajstić information content (AvgIpc) is 2.96. The molecule has 3 heteroatoms. The first-order valence-corrected chi connectivity index (χ1v) is 8.77. The summed E-state index contributed by atoms with van der Waals surface area (Å²) in [5.41, 5.74) is 5.93. The molecule has 4 rings (SSSR count). The van der Waals surface area contributed by atoms with Gasteiger partial charge in [-0.2, -0.15) is 0 Å². The molecule has 0 aliphatic carbocycles. The molecule has 0 bridgehead atoms. The highest BCUT2D eigenvalue weighted by Gasteiger charge is 2.13. The molecule has 24 heavy (non-hydrogen) atoms. The third-order valence-electron chi connectivity index (χ3n) is 4.33. The van der Waals surface area contributed by atoms with Gasteiger partial charge in [-0.3, -0.25) is 0 Å². The fourth-order valence-corrected chi connectivity index (χ4v) is 3.44. The van der Waals surface area contributed by atoms with Gasteiger partial charge in [-0.25, -0.2) is 4.98 Å². The minimum absolute atomic E-state index is 0.815. The summed E-state index contributed by atoms with van der Waals surface area (Å²) >= 11 is 3.57. The van der Waals surface area contributed by atoms with Gasteiger partial charge in [-0.1, -0.05) is 64.5 Å². The summed E-state index contributed by atoms with van der Waals surface area (Å²) in [6.07, 6.45) is 0. The monoisotopic (exact) mass is 376 g/mol. The number of aryl methyl sites for hydroxylation is 1. The van der Waals surface area contributed by atoms with Crippen LogP contribution in [0.2, 0.25) is 0 Å². The first-order valence-electron chi connectivity index (χ1n) is 7.98. The Morgan fingerprint density at radius 2 is 1.71 bits per heavy atom. The Labute approximate surface area is 149 Å². The van der Waals surface area contributed by atoms with E-state index in [1.54, 1.807) is 0 Å². The summed E-state index contributed by atoms with van der Waals surface area (Å²) < 4.78 is 3.37. The van der Waals surface area contributed by atoms with Crippen molar-refractivity contribution < 1.29 is 0 Å². The molecule has 2 nitrogen and oxygen atoms in total. The van der Waals surface area contributed by atoms with Crippen LogP contribution in [0, 0.1) is 6.92 Å². The van der Waals surface area contributed by atoms with Gasteiger partial charge in [0.25, 0.3) is 0 Å². The minimum Gasteiger partial charge on any atom is -0.319 e. The molecule has 3 aromatic carbocycles. The van der Waals surface area contributed by atoms with Crippen molar-refractivity contribution in [3.63, 3.8) is 0 Å². The Morgan fingerprint density at radius 1 is 0.917 bits per heavy atom. The molecule has 118 valence electrons. The zero-order valence-electron chi connectivity index (χ0n) is 13.4. The number of benzene rings is 3. The topological polar surface area (TPSA) is 17.8 Å². The van der Waals surface area contributed by atoms with Gasteiger partial charge < -0.3 is 4.57 Å². The molecule has 1 heterocycles. The molecule has 0 radical (unpaired) electrons. The number of rotatable bonds is 3. The highest BCUT2D eigenvalue weighted by molar-refractivity contribution is 9.10. The molecule has 0 aliphatic rings. The lowest BCUT2D eigenvalue weighted by Crippen LogP contribution is -2.03. The van der Waals surface area contributed by atoms with Crippen LogP contribution in [0.3, 0.4) is 0 Å². The third kappa shape index (κ3) is 2.76. The molecule has 1 aromatic heterocycles. The molecule has 0 unspecified atom stereocenters. The number of para-hydroxylation sites is 2. The number of nitrogens with zero attached hydrogens (tertiary/aromatic N) is 2. The molecule has 0 fully saturated rings. The minimum atomic E-state index is 0.815. The summed E-state index contributed by atoms with van der Waals surface area (Å²) in [5, 5.41) is 0. The molecule has 0 saturated heterocycles. The van der Waals surface area contributed by atoms with Crippen LogP contribution in [0.5, 0.6) is 0 Å². The van der Waals surface area contributed by atoms with Crippen LogP contribution >= 0.6 is 15.9 Å². The molecule has 0 amide bonds. The van der Waals surface area contributed by atoms with Crippen LogP contribution < -0.4 is 0 Å². The maximum atomic E-state index is 4.89. The predicted octanol–water partition coefficient (Wildman–Crippen LogP) is 5.82. The molecule has 0 N–H and O–H groups in total. The summed E-state index contributed by atoms with van der Waals surface area (Å²) in [7, 11) is 0. The third-order valence-corrected chi connectivity index (χ3v) is 4.82. The molecule has 4 aromatic rings. The van der Waals surface area contributed by atoms with Crippen molar-refractivity contribution in [3.05, 3.63) is 88.4 Å². The number of aromatic nitrogens is 2. The van der Waals surface area contributed by atoms with E-state index in [-0.39, 0.29) is 0 Å². The zero-order chi connectivity index (χ0) is 16.5. The Morgan fingerprint density at radius 3 is 2.54 bits per heavy atom. The van der Waals surface area contributed by atoms with Crippen LogP contribution in [0.15, 0.2) is 77.3 Å². The highest BCUT2D eigenvalue weighted by Crippen LogP contribution is 2.28. The van der Waals surface area contributed by atoms with Crippen molar-refractivity contribution in [1.29, 1.82) is 0 Å². The van der Waals surface area contributed by atoms with Crippen molar-refractivity contribution in [2.45, 2.75) is 13.5 Å². The Bertz CT molecular complexity index is 1020. The highest BCUT2D eigenvalue weighted by atomic mass is 79.9. The summed E-state index contributed by atoms with van der Waals surface area (Å²) in [6.45, 7) is 2.97. The second-order valence-corrected chi connectivity index (χ2v) is 6.86. The maximum Gasteiger partial charge on any atom is 0.141 e. The molecule has 0 atom stereocenters. The van der Waals surface area contributed by atoms with E-state index in [9.17, 15) is 0 Å². The zero-order valence-corrected chi connectivity index (χ0v) is 15.0. The number of fused-ring (bicyclic) bond motifs is 1. The summed E-state index contributed by atoms with van der Waals surface area (Å²) in [4.78, 5) is 4.89. The van der Waals surface area contributed by atoms with E-state index in [1.807, 2.05) is 12.1 Å². The number of halogens is 1. The van der Waals surface area contributed by atoms with Gasteiger partial charge in [0.1, 0.15) is 5.82 Å². The first kappa shape index (κ1) is 15.2. The van der Waals surface area contributed by atoms with Gasteiger partial charge in [0.2, 0.25) is 0 Å². The lowest BCUT2D eigenvalue weighted by atomic mass is 10.1. The number of hydrogen-bond donors (Lipinski definition) is 0. The second-order valence-electron chi connectivity index (χ2n) is 5.95. The molecule has 0 spiro atoms.